The maximum Gasteiger partial charge on any atom is 0.417 e. The van der Waals surface area contributed by atoms with Gasteiger partial charge in [0.1, 0.15) is 23.5 Å². The van der Waals surface area contributed by atoms with Gasteiger partial charge in [0.05, 0.1) is 62.8 Å². The molecule has 2 saturated heterocycles. The van der Waals surface area contributed by atoms with Gasteiger partial charge in [0.2, 0.25) is 23.3 Å². The van der Waals surface area contributed by atoms with Crippen molar-refractivity contribution in [2.75, 3.05) is 50.0 Å². The molecular weight excluding hydrogens is 1060 g/mol. The van der Waals surface area contributed by atoms with E-state index in [1.54, 1.807) is 30.6 Å². The molecule has 0 aliphatic carbocycles. The molecule has 0 bridgehead atoms. The molecule has 0 spiro atoms. The second-order valence-corrected chi connectivity index (χ2v) is 21.7. The number of carbonyl (C=O) groups is 5. The minimum Gasteiger partial charge on any atom is -0.391 e. The molecule has 424 valence electrons. The number of nitrogens with one attached hydrogen (secondary N) is 5. The van der Waals surface area contributed by atoms with E-state index in [1.807, 2.05) is 70.8 Å². The molecule has 8 rings (SSSR count). The lowest BCUT2D eigenvalue weighted by atomic mass is 9.91. The number of aromatic amines is 1. The summed E-state index contributed by atoms with van der Waals surface area (Å²) >= 11 is 1.48. The number of pyridine rings is 1. The van der Waals surface area contributed by atoms with E-state index < -0.39 is 82.3 Å². The number of nitrogens with zero attached hydrogens (tertiary/aromatic N) is 5. The number of likely N-dealkylation sites (N-methyl/N-ethyl adjacent to an activating group) is 1. The van der Waals surface area contributed by atoms with Crippen molar-refractivity contribution in [1.82, 2.24) is 40.9 Å². The number of rotatable bonds is 18. The number of likely N-dealkylation sites (tertiary alicyclic amines) is 1. The summed E-state index contributed by atoms with van der Waals surface area (Å²) in [6.07, 6.45) is -5.26. The SMILES string of the molecule is Cc1cc(C(C(=O)N2C[C@H](O)C[C@H]2C(=O)NC(CC(=O)NCCCNC(=O)c2ccc(F)c(-c3ccc(N4C[C@@H](C)N(C)[C@@H](C)C4)c(NC(=O)c4c[nH]c(=O)cc4C(F)(F)F)c3)c2)c2ccc(-c3scnc3C)cc2)C(C)C)on1. The van der Waals surface area contributed by atoms with Gasteiger partial charge in [0.25, 0.3) is 11.8 Å². The second-order valence-electron chi connectivity index (χ2n) is 20.9. The quantitative estimate of drug-likeness (QED) is 0.0361. The van der Waals surface area contributed by atoms with Crippen molar-refractivity contribution in [2.45, 2.75) is 103 Å². The number of hydrogen-bond acceptors (Lipinski definition) is 13. The predicted octanol–water partition coefficient (Wildman–Crippen LogP) is 7.59. The number of β-amino-alcohol motifs (C(OH)–C–C–N with tert-alkyl or cyclic N) is 1. The second kappa shape index (κ2) is 24.7. The molecule has 5 amide bonds. The molecular formula is C57H64F4N10O8S. The van der Waals surface area contributed by atoms with Gasteiger partial charge < -0.3 is 45.7 Å². The number of aryl methyl sites for hydroxylation is 2. The lowest BCUT2D eigenvalue weighted by Crippen LogP contribution is -2.55. The number of hydrogen-bond donors (Lipinski definition) is 6. The Morgan fingerprint density at radius 1 is 0.900 bits per heavy atom. The van der Waals surface area contributed by atoms with Crippen molar-refractivity contribution < 1.29 is 51.2 Å². The Balaban J connectivity index is 0.935. The van der Waals surface area contributed by atoms with Crippen LogP contribution < -0.4 is 31.7 Å². The fourth-order valence-corrected chi connectivity index (χ4v) is 11.1. The highest BCUT2D eigenvalue weighted by molar-refractivity contribution is 7.13. The molecule has 2 aliphatic heterocycles. The van der Waals surface area contributed by atoms with E-state index in [1.165, 1.54) is 34.4 Å². The van der Waals surface area contributed by atoms with Crippen molar-refractivity contribution >= 4 is 52.2 Å². The van der Waals surface area contributed by atoms with E-state index in [-0.39, 0.29) is 79.3 Å². The van der Waals surface area contributed by atoms with Crippen LogP contribution in [0.3, 0.4) is 0 Å². The number of alkyl halides is 3. The van der Waals surface area contributed by atoms with Crippen LogP contribution in [0.1, 0.15) is 108 Å². The number of carbonyl (C=O) groups excluding carboxylic acids is 5. The molecule has 2 unspecified atom stereocenters. The van der Waals surface area contributed by atoms with E-state index in [0.29, 0.717) is 48.1 Å². The minimum absolute atomic E-state index is 0.0205. The van der Waals surface area contributed by atoms with E-state index in [2.05, 4.69) is 41.3 Å². The normalized spacial score (nSPS) is 18.5. The van der Waals surface area contributed by atoms with Crippen LogP contribution in [0.4, 0.5) is 28.9 Å². The monoisotopic (exact) mass is 1120 g/mol. The predicted molar refractivity (Wildman–Crippen MR) is 293 cm³/mol. The number of piperazine rings is 1. The number of aromatic nitrogens is 3. The Morgan fingerprint density at radius 2 is 1.60 bits per heavy atom. The Labute approximate surface area is 463 Å². The van der Waals surface area contributed by atoms with Gasteiger partial charge >= 0.3 is 6.18 Å². The average molecular weight is 1130 g/mol. The zero-order valence-corrected chi connectivity index (χ0v) is 46.1. The van der Waals surface area contributed by atoms with E-state index in [0.717, 1.165) is 22.2 Å². The van der Waals surface area contributed by atoms with Gasteiger partial charge in [-0.1, -0.05) is 49.3 Å². The number of amides is 5. The van der Waals surface area contributed by atoms with Crippen LogP contribution in [0.5, 0.6) is 0 Å². The van der Waals surface area contributed by atoms with Crippen LogP contribution in [0.25, 0.3) is 21.6 Å². The number of halogens is 4. The summed E-state index contributed by atoms with van der Waals surface area (Å²) in [6.45, 7) is 12.5. The molecule has 6 atom stereocenters. The molecule has 18 nitrogen and oxygen atoms in total. The summed E-state index contributed by atoms with van der Waals surface area (Å²) in [5.41, 5.74) is 2.17. The van der Waals surface area contributed by atoms with E-state index in [4.69, 9.17) is 4.52 Å². The van der Waals surface area contributed by atoms with Gasteiger partial charge in [0.15, 0.2) is 0 Å². The first kappa shape index (κ1) is 58.4. The molecule has 6 aromatic rings. The van der Waals surface area contributed by atoms with E-state index in [9.17, 15) is 47.0 Å². The van der Waals surface area contributed by atoms with Gasteiger partial charge in [0, 0.05) is 80.7 Å². The standard InChI is InChI=1S/C57H64F4N10O8S/c1-30(2)51(48-19-31(3)68-79-48)56(78)71-28-39(72)22-47(71)55(77)66-44(35-9-11-36(12-10-35)52-34(6)65-29-80-52)24-50(74)62-17-8-18-63-53(75)38-13-15-43(58)40(20-38)37-14-16-46(70-26-32(4)69(7)33(5)27-70)45(21-37)67-54(76)41-25-64-49(73)23-42(41)57(59,60)61/h9-16,19-21,23,25,29-30,32-33,39,44,47,51,72H,8,17-18,22,24,26-28H2,1-7H3,(H,62,74)(H,63,75)(H,64,73)(H,66,77)(H,67,76)/t32-,33+,39-,44?,47+,51?/m1/s1. The molecule has 5 heterocycles. The molecule has 2 aliphatic rings. The van der Waals surface area contributed by atoms with Crippen molar-refractivity contribution in [3.8, 4) is 21.6 Å². The molecule has 23 heteroatoms. The summed E-state index contributed by atoms with van der Waals surface area (Å²) in [5.74, 6) is -4.46. The Kier molecular flexibility index (Phi) is 18.0. The summed E-state index contributed by atoms with van der Waals surface area (Å²) < 4.78 is 63.4. The maximum atomic E-state index is 15.8. The third-order valence-electron chi connectivity index (χ3n) is 14.7. The Morgan fingerprint density at radius 3 is 2.25 bits per heavy atom. The number of anilines is 2. The molecule has 80 heavy (non-hydrogen) atoms. The third kappa shape index (κ3) is 13.4. The minimum atomic E-state index is -5.03. The molecule has 0 saturated carbocycles. The fraction of sp³-hybridized carbons (Fsp3) is 0.404. The van der Waals surface area contributed by atoms with Crippen LogP contribution in [0.15, 0.2) is 93.8 Å². The van der Waals surface area contributed by atoms with Gasteiger partial charge in [-0.05, 0) is 94.1 Å². The van der Waals surface area contributed by atoms with Crippen LogP contribution in [-0.2, 0) is 20.6 Å². The van der Waals surface area contributed by atoms with Crippen LogP contribution in [0.2, 0.25) is 0 Å². The lowest BCUT2D eigenvalue weighted by molar-refractivity contribution is -0.141. The smallest absolute Gasteiger partial charge is 0.391 e. The zero-order chi connectivity index (χ0) is 57.7. The Bertz CT molecular complexity index is 3300. The number of H-pyrrole nitrogens is 1. The van der Waals surface area contributed by atoms with Crippen LogP contribution in [-0.4, -0.2) is 124 Å². The van der Waals surface area contributed by atoms with Gasteiger partial charge in [-0.25, -0.2) is 9.37 Å². The molecule has 6 N–H and O–H groups in total. The summed E-state index contributed by atoms with van der Waals surface area (Å²) in [6, 6.07) is 15.9. The van der Waals surface area contributed by atoms with Crippen LogP contribution >= 0.6 is 11.3 Å². The molecule has 0 radical (unpaired) electrons. The highest BCUT2D eigenvalue weighted by Crippen LogP contribution is 2.38. The first-order valence-electron chi connectivity index (χ1n) is 26.3. The average Bonchev–Trinajstić information content (AvgIpc) is 4.23. The third-order valence-corrected chi connectivity index (χ3v) is 15.7. The number of benzene rings is 3. The molecule has 3 aromatic heterocycles. The highest BCUT2D eigenvalue weighted by Gasteiger charge is 2.44. The summed E-state index contributed by atoms with van der Waals surface area (Å²) in [4.78, 5) is 94.1. The van der Waals surface area contributed by atoms with Gasteiger partial charge in [-0.2, -0.15) is 13.2 Å². The highest BCUT2D eigenvalue weighted by atomic mass is 32.1. The fourth-order valence-electron chi connectivity index (χ4n) is 10.2. The molecule has 3 aromatic carbocycles. The summed E-state index contributed by atoms with van der Waals surface area (Å²) in [7, 11) is 1.97. The first-order valence-corrected chi connectivity index (χ1v) is 27.1. The Hall–Kier alpha value is -7.76. The lowest BCUT2D eigenvalue weighted by Gasteiger charge is -2.44. The maximum absolute atomic E-state index is 15.8. The van der Waals surface area contributed by atoms with E-state index >= 15 is 4.39 Å². The van der Waals surface area contributed by atoms with Crippen molar-refractivity contribution in [3.63, 3.8) is 0 Å². The number of aliphatic hydroxyl groups excluding tert-OH is 1. The van der Waals surface area contributed by atoms with Crippen molar-refractivity contribution in [2.24, 2.45) is 5.92 Å². The number of aliphatic hydroxyl groups is 1. The van der Waals surface area contributed by atoms with Crippen molar-refractivity contribution in [1.29, 1.82) is 0 Å². The largest absolute Gasteiger partial charge is 0.417 e. The molecule has 2 fully saturated rings. The van der Waals surface area contributed by atoms with Crippen LogP contribution in [0, 0.1) is 25.6 Å². The summed E-state index contributed by atoms with van der Waals surface area (Å²) in [5, 5.41) is 26.0. The van der Waals surface area contributed by atoms with Gasteiger partial charge in [-0.15, -0.1) is 11.3 Å². The van der Waals surface area contributed by atoms with Gasteiger partial charge in [-0.3, -0.25) is 33.7 Å². The topological polar surface area (TPSA) is 235 Å². The van der Waals surface area contributed by atoms with Crippen molar-refractivity contribution in [3.05, 3.63) is 140 Å². The zero-order valence-electron chi connectivity index (χ0n) is 45.2. The first-order chi connectivity index (χ1) is 38.0. The number of thiazole rings is 1.